The Kier molecular flexibility index (Phi) is 39.3. The molecule has 57 heavy (non-hydrogen) atoms. The lowest BCUT2D eigenvalue weighted by atomic mass is 10.0. The summed E-state index contributed by atoms with van der Waals surface area (Å²) in [6.45, 7) is 4.44. The van der Waals surface area contributed by atoms with E-state index in [1.807, 2.05) is 21.1 Å². The molecule has 0 radical (unpaired) electrons. The standard InChI is InChI=1S/C47H92NO8P/c1-6-8-10-12-14-16-18-20-21-22-23-24-25-26-27-28-30-31-33-35-37-39-46(49)53-43-45(44-55-57(51,52)54-42-41-48(3,4)5)56-47(50)40-38-36-34-32-29-19-17-15-13-11-9-7-2/h20-21,45H,6-19,22-44H2,1-5H3/p+1/b21-20-/t45-/m1/s1. The van der Waals surface area contributed by atoms with Crippen LogP contribution < -0.4 is 0 Å². The molecule has 0 aromatic heterocycles. The first-order valence-corrected chi connectivity index (χ1v) is 25.4. The first-order chi connectivity index (χ1) is 27.5. The minimum atomic E-state index is -4.37. The van der Waals surface area contributed by atoms with Crippen molar-refractivity contribution in [1.29, 1.82) is 0 Å². The molecule has 0 aliphatic carbocycles. The zero-order valence-corrected chi connectivity index (χ0v) is 39.0. The van der Waals surface area contributed by atoms with E-state index in [9.17, 15) is 19.0 Å². The topological polar surface area (TPSA) is 108 Å². The third-order valence-corrected chi connectivity index (χ3v) is 11.5. The predicted molar refractivity (Wildman–Crippen MR) is 238 cm³/mol. The highest BCUT2D eigenvalue weighted by molar-refractivity contribution is 7.47. The highest BCUT2D eigenvalue weighted by Crippen LogP contribution is 2.43. The Labute approximate surface area is 352 Å². The molecule has 0 amide bonds. The quantitative estimate of drug-likeness (QED) is 0.0213. The molecule has 0 aliphatic rings. The summed E-state index contributed by atoms with van der Waals surface area (Å²) in [4.78, 5) is 35.4. The first kappa shape index (κ1) is 55.8. The third kappa shape index (κ3) is 44.1. The lowest BCUT2D eigenvalue weighted by molar-refractivity contribution is -0.870. The highest BCUT2D eigenvalue weighted by atomic mass is 31.2. The molecule has 2 atom stereocenters. The molecule has 0 rings (SSSR count). The van der Waals surface area contributed by atoms with Gasteiger partial charge in [0.2, 0.25) is 0 Å². The van der Waals surface area contributed by atoms with Crippen molar-refractivity contribution in [2.75, 3.05) is 47.5 Å². The number of ether oxygens (including phenoxy) is 2. The lowest BCUT2D eigenvalue weighted by Gasteiger charge is -2.24. The van der Waals surface area contributed by atoms with Crippen LogP contribution >= 0.6 is 7.82 Å². The number of likely N-dealkylation sites (N-methyl/N-ethyl adjacent to an activating group) is 1. The number of nitrogens with zero attached hydrogens (tertiary/aromatic N) is 1. The Morgan fingerprint density at radius 2 is 0.895 bits per heavy atom. The number of allylic oxidation sites excluding steroid dienone is 2. The second kappa shape index (κ2) is 40.2. The van der Waals surface area contributed by atoms with Gasteiger partial charge in [0, 0.05) is 12.8 Å². The van der Waals surface area contributed by atoms with Crippen molar-refractivity contribution in [3.8, 4) is 0 Å². The number of hydrogen-bond donors (Lipinski definition) is 1. The molecule has 0 aromatic rings. The maximum absolute atomic E-state index is 12.7. The van der Waals surface area contributed by atoms with Crippen LogP contribution in [0.25, 0.3) is 0 Å². The number of rotatable bonds is 44. The van der Waals surface area contributed by atoms with Gasteiger partial charge in [0.25, 0.3) is 0 Å². The van der Waals surface area contributed by atoms with Gasteiger partial charge >= 0.3 is 19.8 Å². The maximum atomic E-state index is 12.7. The van der Waals surface area contributed by atoms with Crippen LogP contribution in [-0.2, 0) is 32.7 Å². The monoisotopic (exact) mass is 831 g/mol. The van der Waals surface area contributed by atoms with Crippen LogP contribution in [0.1, 0.15) is 226 Å². The molecule has 9 nitrogen and oxygen atoms in total. The van der Waals surface area contributed by atoms with Crippen LogP contribution in [0.5, 0.6) is 0 Å². The summed E-state index contributed by atoms with van der Waals surface area (Å²) in [6, 6.07) is 0. The van der Waals surface area contributed by atoms with Gasteiger partial charge < -0.3 is 18.9 Å². The van der Waals surface area contributed by atoms with Crippen LogP contribution in [0.2, 0.25) is 0 Å². The second-order valence-electron chi connectivity index (χ2n) is 17.5. The minimum absolute atomic E-state index is 0.0351. The van der Waals surface area contributed by atoms with E-state index in [-0.39, 0.29) is 25.6 Å². The van der Waals surface area contributed by atoms with Crippen molar-refractivity contribution in [3.63, 3.8) is 0 Å². The van der Waals surface area contributed by atoms with E-state index in [2.05, 4.69) is 26.0 Å². The van der Waals surface area contributed by atoms with Gasteiger partial charge in [0.15, 0.2) is 6.10 Å². The largest absolute Gasteiger partial charge is 0.472 e. The van der Waals surface area contributed by atoms with E-state index in [4.69, 9.17) is 18.5 Å². The van der Waals surface area contributed by atoms with Crippen molar-refractivity contribution in [2.24, 2.45) is 0 Å². The second-order valence-corrected chi connectivity index (χ2v) is 19.0. The Morgan fingerprint density at radius 3 is 1.30 bits per heavy atom. The Morgan fingerprint density at radius 1 is 0.526 bits per heavy atom. The fraction of sp³-hybridized carbons (Fsp3) is 0.915. The molecule has 10 heteroatoms. The van der Waals surface area contributed by atoms with Gasteiger partial charge in [-0.2, -0.15) is 0 Å². The summed E-state index contributed by atoms with van der Waals surface area (Å²) in [5.74, 6) is -0.788. The van der Waals surface area contributed by atoms with Crippen LogP contribution in [0.4, 0.5) is 0 Å². The van der Waals surface area contributed by atoms with E-state index in [1.165, 1.54) is 161 Å². The van der Waals surface area contributed by atoms with Gasteiger partial charge in [-0.05, 0) is 38.5 Å². The third-order valence-electron chi connectivity index (χ3n) is 10.5. The lowest BCUT2D eigenvalue weighted by Crippen LogP contribution is -2.37. The number of quaternary nitrogens is 1. The molecule has 0 saturated heterocycles. The average Bonchev–Trinajstić information content (AvgIpc) is 3.16. The van der Waals surface area contributed by atoms with Crippen molar-refractivity contribution < 1.29 is 42.1 Å². The molecule has 0 fully saturated rings. The smallest absolute Gasteiger partial charge is 0.462 e. The fourth-order valence-electron chi connectivity index (χ4n) is 6.77. The summed E-state index contributed by atoms with van der Waals surface area (Å²) >= 11 is 0. The molecule has 0 spiro atoms. The van der Waals surface area contributed by atoms with Crippen molar-refractivity contribution in [3.05, 3.63) is 12.2 Å². The van der Waals surface area contributed by atoms with Gasteiger partial charge in [-0.15, -0.1) is 0 Å². The number of phosphoric acid groups is 1. The zero-order chi connectivity index (χ0) is 42.1. The number of carbonyl (C=O) groups excluding carboxylic acids is 2. The average molecular weight is 831 g/mol. The number of hydrogen-bond acceptors (Lipinski definition) is 7. The molecule has 0 heterocycles. The van der Waals surface area contributed by atoms with E-state index < -0.39 is 26.5 Å². The molecule has 0 aromatic carbocycles. The fourth-order valence-corrected chi connectivity index (χ4v) is 7.52. The molecule has 0 bridgehead atoms. The number of phosphoric ester groups is 1. The van der Waals surface area contributed by atoms with Crippen LogP contribution in [-0.4, -0.2) is 74.9 Å². The van der Waals surface area contributed by atoms with Gasteiger partial charge in [-0.1, -0.05) is 187 Å². The van der Waals surface area contributed by atoms with Gasteiger partial charge in [0.05, 0.1) is 27.7 Å². The maximum Gasteiger partial charge on any atom is 0.472 e. The molecular formula is C47H93NO8P+. The van der Waals surface area contributed by atoms with Crippen LogP contribution in [0.15, 0.2) is 12.2 Å². The van der Waals surface area contributed by atoms with Gasteiger partial charge in [-0.25, -0.2) is 4.57 Å². The van der Waals surface area contributed by atoms with E-state index in [0.29, 0.717) is 23.9 Å². The number of unbranched alkanes of at least 4 members (excludes halogenated alkanes) is 28. The van der Waals surface area contributed by atoms with E-state index in [0.717, 1.165) is 32.1 Å². The molecule has 1 unspecified atom stereocenters. The number of esters is 2. The van der Waals surface area contributed by atoms with Crippen LogP contribution in [0.3, 0.4) is 0 Å². The summed E-state index contributed by atoms with van der Waals surface area (Å²) < 4.78 is 34.4. The highest BCUT2D eigenvalue weighted by Gasteiger charge is 2.27. The molecule has 0 saturated carbocycles. The Bertz CT molecular complexity index is 985. The number of carbonyl (C=O) groups is 2. The first-order valence-electron chi connectivity index (χ1n) is 23.9. The minimum Gasteiger partial charge on any atom is -0.462 e. The Hall–Kier alpha value is -1.25. The van der Waals surface area contributed by atoms with Crippen molar-refractivity contribution in [1.82, 2.24) is 0 Å². The van der Waals surface area contributed by atoms with E-state index in [1.54, 1.807) is 0 Å². The predicted octanol–water partition coefficient (Wildman–Crippen LogP) is 13.8. The normalized spacial score (nSPS) is 13.6. The van der Waals surface area contributed by atoms with Crippen molar-refractivity contribution >= 4 is 19.8 Å². The molecule has 338 valence electrons. The SMILES string of the molecule is CCCCCCCC/C=C\CCCCCCCCCCCCCC(=O)OC[C@H](COP(=O)(O)OCC[N+](C)(C)C)OC(=O)CCCCCCCCCCCCCC. The summed E-state index contributed by atoms with van der Waals surface area (Å²) in [6.07, 6.45) is 42.6. The zero-order valence-electron chi connectivity index (χ0n) is 38.1. The van der Waals surface area contributed by atoms with Crippen molar-refractivity contribution in [2.45, 2.75) is 232 Å². The molecular weight excluding hydrogens is 737 g/mol. The molecule has 0 aliphatic heterocycles. The van der Waals surface area contributed by atoms with E-state index >= 15 is 0 Å². The van der Waals surface area contributed by atoms with Gasteiger partial charge in [-0.3, -0.25) is 18.6 Å². The summed E-state index contributed by atoms with van der Waals surface area (Å²) in [5.41, 5.74) is 0. The summed E-state index contributed by atoms with van der Waals surface area (Å²) in [7, 11) is 1.49. The van der Waals surface area contributed by atoms with Gasteiger partial charge in [0.1, 0.15) is 19.8 Å². The Balaban J connectivity index is 4.20. The molecule has 1 N–H and O–H groups in total. The summed E-state index contributed by atoms with van der Waals surface area (Å²) in [5, 5.41) is 0. The van der Waals surface area contributed by atoms with Crippen LogP contribution in [0, 0.1) is 0 Å².